The number of fused-ring (bicyclic) bond motifs is 2. The van der Waals surface area contributed by atoms with E-state index >= 15 is 0 Å². The molecule has 0 fully saturated rings. The summed E-state index contributed by atoms with van der Waals surface area (Å²) >= 11 is 0. The average molecular weight is 371 g/mol. The molecule has 0 aromatic heterocycles. The van der Waals surface area contributed by atoms with E-state index in [9.17, 15) is 14.7 Å². The number of benzene rings is 2. The van der Waals surface area contributed by atoms with Gasteiger partial charge in [-0.15, -0.1) is 0 Å². The van der Waals surface area contributed by atoms with Crippen LogP contribution >= 0.6 is 0 Å². The van der Waals surface area contributed by atoms with Crippen LogP contribution in [0, 0.1) is 0 Å². The number of carbonyl (C=O) groups excluding carboxylic acids is 2. The molecule has 2 N–H and O–H groups in total. The van der Waals surface area contributed by atoms with Gasteiger partial charge < -0.3 is 24.6 Å². The number of ether oxygens (including phenoxy) is 3. The number of aliphatic hydroxyl groups excluding tert-OH is 1. The average Bonchev–Trinajstić information content (AvgIpc) is 2.66. The molecule has 142 valence electrons. The highest BCUT2D eigenvalue weighted by atomic mass is 16.5. The lowest BCUT2D eigenvalue weighted by molar-refractivity contribution is -0.145. The van der Waals surface area contributed by atoms with Crippen molar-refractivity contribution in [3.05, 3.63) is 59.2 Å². The molecule has 2 atom stereocenters. The van der Waals surface area contributed by atoms with Crippen molar-refractivity contribution < 1.29 is 28.9 Å². The fourth-order valence-corrected chi connectivity index (χ4v) is 2.82. The lowest BCUT2D eigenvalue weighted by Crippen LogP contribution is -2.48. The second-order valence-electron chi connectivity index (χ2n) is 6.19. The van der Waals surface area contributed by atoms with Crippen molar-refractivity contribution in [2.24, 2.45) is 0 Å². The Morgan fingerprint density at radius 3 is 2.37 bits per heavy atom. The number of esters is 1. The van der Waals surface area contributed by atoms with Gasteiger partial charge in [0.15, 0.2) is 17.5 Å². The van der Waals surface area contributed by atoms with Crippen LogP contribution < -0.4 is 14.8 Å². The van der Waals surface area contributed by atoms with E-state index < -0.39 is 24.0 Å². The van der Waals surface area contributed by atoms with Crippen molar-refractivity contribution >= 4 is 11.9 Å². The third-order valence-electron chi connectivity index (χ3n) is 4.32. The summed E-state index contributed by atoms with van der Waals surface area (Å²) in [6, 6.07) is 11.5. The molecule has 0 aliphatic carbocycles. The Hall–Kier alpha value is -3.06. The van der Waals surface area contributed by atoms with E-state index in [-0.39, 0.29) is 12.2 Å². The van der Waals surface area contributed by atoms with E-state index in [1.807, 2.05) is 24.3 Å². The predicted octanol–water partition coefficient (Wildman–Crippen LogP) is 1.81. The number of nitrogens with one attached hydrogen (secondary N) is 1. The minimum atomic E-state index is -1.19. The summed E-state index contributed by atoms with van der Waals surface area (Å²) < 4.78 is 16.3. The van der Waals surface area contributed by atoms with Gasteiger partial charge in [-0.1, -0.05) is 30.3 Å². The SMILES string of the molecule is COC(=O)[C@@H](NC(=O)c1cccc2c1OCc1ccccc1CO2)[C@@H](C)O. The lowest BCUT2D eigenvalue weighted by atomic mass is 10.1. The zero-order valence-corrected chi connectivity index (χ0v) is 15.1. The molecule has 1 aliphatic rings. The highest BCUT2D eigenvalue weighted by molar-refractivity contribution is 6.00. The Kier molecular flexibility index (Phi) is 5.61. The van der Waals surface area contributed by atoms with Crippen LogP contribution in [0.1, 0.15) is 28.4 Å². The Bertz CT molecular complexity index is 848. The van der Waals surface area contributed by atoms with Gasteiger partial charge in [-0.2, -0.15) is 0 Å². The third-order valence-corrected chi connectivity index (χ3v) is 4.32. The van der Waals surface area contributed by atoms with Gasteiger partial charge in [0.2, 0.25) is 0 Å². The summed E-state index contributed by atoms with van der Waals surface area (Å²) in [6.07, 6.45) is -1.11. The predicted molar refractivity (Wildman–Crippen MR) is 96.5 cm³/mol. The van der Waals surface area contributed by atoms with E-state index in [2.05, 4.69) is 10.1 Å². The van der Waals surface area contributed by atoms with Gasteiger partial charge in [0, 0.05) is 0 Å². The maximum Gasteiger partial charge on any atom is 0.331 e. The standard InChI is InChI=1S/C20H21NO6/c1-12(22)17(20(24)25-2)21-19(23)15-8-5-9-16-18(15)27-11-14-7-4-3-6-13(14)10-26-16/h3-9,12,17,22H,10-11H2,1-2H3,(H,21,23)/t12-,17+/m1/s1. The molecule has 3 rings (SSSR count). The lowest BCUT2D eigenvalue weighted by Gasteiger charge is -2.22. The van der Waals surface area contributed by atoms with Crippen molar-refractivity contribution in [1.82, 2.24) is 5.32 Å². The zero-order valence-electron chi connectivity index (χ0n) is 15.1. The van der Waals surface area contributed by atoms with Gasteiger partial charge >= 0.3 is 5.97 Å². The number of rotatable bonds is 4. The highest BCUT2D eigenvalue weighted by Crippen LogP contribution is 2.34. The van der Waals surface area contributed by atoms with E-state index in [0.717, 1.165) is 11.1 Å². The largest absolute Gasteiger partial charge is 0.485 e. The first kappa shape index (κ1) is 18.7. The van der Waals surface area contributed by atoms with Gasteiger partial charge in [-0.3, -0.25) is 4.79 Å². The number of methoxy groups -OCH3 is 1. The second-order valence-corrected chi connectivity index (χ2v) is 6.19. The summed E-state index contributed by atoms with van der Waals surface area (Å²) in [5.41, 5.74) is 2.19. The van der Waals surface area contributed by atoms with Crippen LogP contribution in [0.4, 0.5) is 0 Å². The molecule has 0 radical (unpaired) electrons. The smallest absolute Gasteiger partial charge is 0.331 e. The first-order valence-corrected chi connectivity index (χ1v) is 8.53. The number of para-hydroxylation sites is 1. The minimum Gasteiger partial charge on any atom is -0.485 e. The van der Waals surface area contributed by atoms with Gasteiger partial charge in [-0.25, -0.2) is 4.79 Å². The first-order chi connectivity index (χ1) is 13.0. The molecule has 2 aromatic rings. The number of hydrogen-bond acceptors (Lipinski definition) is 6. The minimum absolute atomic E-state index is 0.210. The quantitative estimate of drug-likeness (QED) is 0.796. The molecule has 2 aromatic carbocycles. The fourth-order valence-electron chi connectivity index (χ4n) is 2.82. The number of hydrogen-bond donors (Lipinski definition) is 2. The molecule has 7 heteroatoms. The van der Waals surface area contributed by atoms with E-state index in [1.54, 1.807) is 18.2 Å². The molecule has 0 unspecified atom stereocenters. The maximum atomic E-state index is 12.7. The molecular formula is C20H21NO6. The van der Waals surface area contributed by atoms with E-state index in [0.29, 0.717) is 18.1 Å². The summed E-state index contributed by atoms with van der Waals surface area (Å²) in [5.74, 6) is -0.577. The molecule has 0 bridgehead atoms. The monoisotopic (exact) mass is 371 g/mol. The normalized spacial score (nSPS) is 14.8. The zero-order chi connectivity index (χ0) is 19.4. The van der Waals surface area contributed by atoms with Crippen LogP contribution in [-0.2, 0) is 22.7 Å². The van der Waals surface area contributed by atoms with E-state index in [4.69, 9.17) is 9.47 Å². The maximum absolute atomic E-state index is 12.7. The van der Waals surface area contributed by atoms with Crippen molar-refractivity contribution in [2.75, 3.05) is 7.11 Å². The molecule has 0 spiro atoms. The molecule has 7 nitrogen and oxygen atoms in total. The topological polar surface area (TPSA) is 94.1 Å². The fraction of sp³-hybridized carbons (Fsp3) is 0.300. The number of amides is 1. The highest BCUT2D eigenvalue weighted by Gasteiger charge is 2.29. The summed E-state index contributed by atoms with van der Waals surface area (Å²) in [7, 11) is 1.19. The van der Waals surface area contributed by atoms with Crippen LogP contribution in [-0.4, -0.2) is 36.2 Å². The molecule has 0 saturated carbocycles. The van der Waals surface area contributed by atoms with Crippen LogP contribution in [0.15, 0.2) is 42.5 Å². The molecule has 1 amide bonds. The third kappa shape index (κ3) is 4.03. The van der Waals surface area contributed by atoms with Crippen LogP contribution in [0.2, 0.25) is 0 Å². The van der Waals surface area contributed by atoms with Crippen molar-refractivity contribution in [1.29, 1.82) is 0 Å². The van der Waals surface area contributed by atoms with Crippen molar-refractivity contribution in [3.8, 4) is 11.5 Å². The van der Waals surface area contributed by atoms with Crippen molar-refractivity contribution in [3.63, 3.8) is 0 Å². The summed E-state index contributed by atoms with van der Waals surface area (Å²) in [5, 5.41) is 12.3. The molecule has 1 aliphatic heterocycles. The summed E-state index contributed by atoms with van der Waals surface area (Å²) in [4.78, 5) is 24.5. The van der Waals surface area contributed by atoms with Crippen LogP contribution in [0.25, 0.3) is 0 Å². The molecule has 27 heavy (non-hydrogen) atoms. The molecule has 1 heterocycles. The number of aliphatic hydroxyl groups is 1. The Morgan fingerprint density at radius 1 is 1.07 bits per heavy atom. The second kappa shape index (κ2) is 8.09. The van der Waals surface area contributed by atoms with Gasteiger partial charge in [0.1, 0.15) is 13.2 Å². The van der Waals surface area contributed by atoms with Crippen molar-refractivity contribution in [2.45, 2.75) is 32.3 Å². The molecular weight excluding hydrogens is 350 g/mol. The summed E-state index contributed by atoms with van der Waals surface area (Å²) in [6.45, 7) is 2.04. The first-order valence-electron chi connectivity index (χ1n) is 8.53. The van der Waals surface area contributed by atoms with Gasteiger partial charge in [-0.05, 0) is 30.2 Å². The number of carbonyl (C=O) groups is 2. The Labute approximate surface area is 156 Å². The van der Waals surface area contributed by atoms with E-state index in [1.165, 1.54) is 14.0 Å². The van der Waals surface area contributed by atoms with Gasteiger partial charge in [0.25, 0.3) is 5.91 Å². The Balaban J connectivity index is 1.87. The van der Waals surface area contributed by atoms with Crippen LogP contribution in [0.3, 0.4) is 0 Å². The molecule has 0 saturated heterocycles. The Morgan fingerprint density at radius 2 is 1.74 bits per heavy atom. The van der Waals surface area contributed by atoms with Gasteiger partial charge in [0.05, 0.1) is 18.8 Å². The van der Waals surface area contributed by atoms with Crippen LogP contribution in [0.5, 0.6) is 11.5 Å².